The molecular weight excluding hydrogens is 220 g/mol. The maximum Gasteiger partial charge on any atom is 0.315 e. The van der Waals surface area contributed by atoms with Gasteiger partial charge in [0.2, 0.25) is 0 Å². The zero-order valence-corrected chi connectivity index (χ0v) is 9.30. The van der Waals surface area contributed by atoms with Crippen molar-refractivity contribution in [1.82, 2.24) is 0 Å². The van der Waals surface area contributed by atoms with Crippen LogP contribution in [0.4, 0.5) is 0 Å². The van der Waals surface area contributed by atoms with E-state index in [9.17, 15) is 15.0 Å². The van der Waals surface area contributed by atoms with Gasteiger partial charge in [-0.05, 0) is 30.9 Å². The van der Waals surface area contributed by atoms with Crippen molar-refractivity contribution in [2.45, 2.75) is 31.3 Å². The highest BCUT2D eigenvalue weighted by Crippen LogP contribution is 2.46. The van der Waals surface area contributed by atoms with Crippen LogP contribution >= 0.6 is 0 Å². The number of carbonyl (C=O) groups excluding carboxylic acids is 1. The van der Waals surface area contributed by atoms with Crippen LogP contribution in [-0.2, 0) is 4.79 Å². The minimum atomic E-state index is -0.400. The fraction of sp³-hybridized carbons (Fsp3) is 0.462. The Morgan fingerprint density at radius 2 is 2.06 bits per heavy atom. The lowest BCUT2D eigenvalue weighted by Crippen LogP contribution is -2.37. The van der Waals surface area contributed by atoms with Crippen molar-refractivity contribution < 1.29 is 19.7 Å². The number of aromatic hydroxyl groups is 1. The Bertz CT molecular complexity index is 468. The summed E-state index contributed by atoms with van der Waals surface area (Å²) in [6, 6.07) is 4.90. The number of benzene rings is 1. The molecule has 0 radical (unpaired) electrons. The Hall–Kier alpha value is -1.55. The Labute approximate surface area is 98.8 Å². The second-order valence-electron chi connectivity index (χ2n) is 4.82. The summed E-state index contributed by atoms with van der Waals surface area (Å²) < 4.78 is 5.22. The zero-order valence-electron chi connectivity index (χ0n) is 9.30. The first-order chi connectivity index (χ1) is 8.15. The summed E-state index contributed by atoms with van der Waals surface area (Å²) >= 11 is 0. The third kappa shape index (κ3) is 1.69. The lowest BCUT2D eigenvalue weighted by Gasteiger charge is -2.37. The third-order valence-electron chi connectivity index (χ3n) is 3.73. The molecule has 1 aliphatic carbocycles. The van der Waals surface area contributed by atoms with Gasteiger partial charge in [0.15, 0.2) is 0 Å². The van der Waals surface area contributed by atoms with Crippen molar-refractivity contribution in [3.8, 4) is 11.5 Å². The lowest BCUT2D eigenvalue weighted by atomic mass is 9.73. The number of fused-ring (bicyclic) bond motifs is 3. The summed E-state index contributed by atoms with van der Waals surface area (Å²) in [5, 5.41) is 19.0. The highest BCUT2D eigenvalue weighted by atomic mass is 16.5. The molecule has 90 valence electrons. The van der Waals surface area contributed by atoms with E-state index in [1.807, 2.05) is 6.07 Å². The molecule has 0 amide bonds. The maximum atomic E-state index is 11.8. The number of phenols is 1. The molecule has 2 aliphatic rings. The summed E-state index contributed by atoms with van der Waals surface area (Å²) in [7, 11) is 0. The van der Waals surface area contributed by atoms with Crippen LogP contribution in [0.3, 0.4) is 0 Å². The number of aliphatic hydroxyl groups is 1. The number of phenolic OH excluding ortho intramolecular Hbond substituents is 1. The third-order valence-corrected chi connectivity index (χ3v) is 3.73. The van der Waals surface area contributed by atoms with Gasteiger partial charge in [-0.3, -0.25) is 4.79 Å². The van der Waals surface area contributed by atoms with E-state index < -0.39 is 6.10 Å². The average Bonchev–Trinajstić information content (AvgIpc) is 2.29. The Kier molecular flexibility index (Phi) is 2.33. The maximum absolute atomic E-state index is 11.8. The molecule has 17 heavy (non-hydrogen) atoms. The summed E-state index contributed by atoms with van der Waals surface area (Å²) in [4.78, 5) is 11.8. The molecule has 1 heterocycles. The van der Waals surface area contributed by atoms with E-state index in [2.05, 4.69) is 0 Å². The number of hydrogen-bond acceptors (Lipinski definition) is 4. The summed E-state index contributed by atoms with van der Waals surface area (Å²) in [6.45, 7) is 0. The fourth-order valence-electron chi connectivity index (χ4n) is 2.88. The molecule has 0 bridgehead atoms. The van der Waals surface area contributed by atoms with Gasteiger partial charge in [-0.1, -0.05) is 6.07 Å². The SMILES string of the molecule is O=C1Oc2cc(O)ccc2[C@@H]2CCC(O)C[C@H]12. The van der Waals surface area contributed by atoms with Crippen LogP contribution in [0.5, 0.6) is 11.5 Å². The van der Waals surface area contributed by atoms with Gasteiger partial charge in [0.25, 0.3) is 0 Å². The molecule has 3 atom stereocenters. The first kappa shape index (κ1) is 10.6. The average molecular weight is 234 g/mol. The van der Waals surface area contributed by atoms with E-state index in [0.29, 0.717) is 12.2 Å². The van der Waals surface area contributed by atoms with Crippen molar-refractivity contribution in [2.24, 2.45) is 5.92 Å². The van der Waals surface area contributed by atoms with Crippen LogP contribution < -0.4 is 4.74 Å². The van der Waals surface area contributed by atoms with Gasteiger partial charge in [-0.25, -0.2) is 0 Å². The number of ether oxygens (including phenoxy) is 1. The zero-order chi connectivity index (χ0) is 12.0. The molecule has 1 saturated carbocycles. The predicted molar refractivity (Wildman–Crippen MR) is 59.8 cm³/mol. The predicted octanol–water partition coefficient (Wildman–Crippen LogP) is 1.56. The number of rotatable bonds is 0. The minimum Gasteiger partial charge on any atom is -0.508 e. The van der Waals surface area contributed by atoms with Crippen LogP contribution in [0, 0.1) is 5.92 Å². The number of esters is 1. The molecular formula is C13H14O4. The summed E-state index contributed by atoms with van der Waals surface area (Å²) in [5.74, 6) is 0.163. The van der Waals surface area contributed by atoms with E-state index in [1.54, 1.807) is 6.07 Å². The molecule has 1 unspecified atom stereocenters. The van der Waals surface area contributed by atoms with Crippen LogP contribution in [0.1, 0.15) is 30.7 Å². The lowest BCUT2D eigenvalue weighted by molar-refractivity contribution is -0.144. The van der Waals surface area contributed by atoms with Crippen LogP contribution in [0.25, 0.3) is 0 Å². The molecule has 1 aromatic carbocycles. The van der Waals surface area contributed by atoms with Crippen molar-refractivity contribution in [3.63, 3.8) is 0 Å². The van der Waals surface area contributed by atoms with Gasteiger partial charge in [0.1, 0.15) is 11.5 Å². The molecule has 0 aromatic heterocycles. The Morgan fingerprint density at radius 3 is 2.88 bits per heavy atom. The van der Waals surface area contributed by atoms with Gasteiger partial charge in [0.05, 0.1) is 12.0 Å². The van der Waals surface area contributed by atoms with Crippen LogP contribution in [-0.4, -0.2) is 22.3 Å². The second kappa shape index (κ2) is 3.74. The van der Waals surface area contributed by atoms with Crippen molar-refractivity contribution in [1.29, 1.82) is 0 Å². The second-order valence-corrected chi connectivity index (χ2v) is 4.82. The van der Waals surface area contributed by atoms with Crippen molar-refractivity contribution in [2.75, 3.05) is 0 Å². The molecule has 1 aromatic rings. The summed E-state index contributed by atoms with van der Waals surface area (Å²) in [5.41, 5.74) is 0.972. The molecule has 1 aliphatic heterocycles. The standard InChI is InChI=1S/C13H14O4/c14-7-1-3-9-10-4-2-8(15)6-12(10)17-13(16)11(9)5-7/h2,4,6-7,9,11,14-15H,1,3,5H2/t7?,9-,11-/m0/s1. The smallest absolute Gasteiger partial charge is 0.315 e. The number of carbonyl (C=O) groups is 1. The highest BCUT2D eigenvalue weighted by Gasteiger charge is 2.41. The molecule has 2 N–H and O–H groups in total. The van der Waals surface area contributed by atoms with Gasteiger partial charge in [-0.15, -0.1) is 0 Å². The molecule has 3 rings (SSSR count). The normalized spacial score (nSPS) is 31.4. The first-order valence-electron chi connectivity index (χ1n) is 5.88. The van der Waals surface area contributed by atoms with Gasteiger partial charge < -0.3 is 14.9 Å². The summed E-state index contributed by atoms with van der Waals surface area (Å²) in [6.07, 6.45) is 1.58. The quantitative estimate of drug-likeness (QED) is 0.528. The number of hydrogen-bond donors (Lipinski definition) is 2. The topological polar surface area (TPSA) is 66.8 Å². The molecule has 4 heteroatoms. The monoisotopic (exact) mass is 234 g/mol. The van der Waals surface area contributed by atoms with Crippen molar-refractivity contribution >= 4 is 5.97 Å². The minimum absolute atomic E-state index is 0.103. The Balaban J connectivity index is 2.02. The largest absolute Gasteiger partial charge is 0.508 e. The van der Waals surface area contributed by atoms with Gasteiger partial charge in [-0.2, -0.15) is 0 Å². The van der Waals surface area contributed by atoms with Gasteiger partial charge >= 0.3 is 5.97 Å². The molecule has 1 fully saturated rings. The van der Waals surface area contributed by atoms with E-state index in [0.717, 1.165) is 18.4 Å². The van der Waals surface area contributed by atoms with Crippen LogP contribution in [0.2, 0.25) is 0 Å². The van der Waals surface area contributed by atoms with Gasteiger partial charge in [0, 0.05) is 12.0 Å². The molecule has 0 spiro atoms. The van der Waals surface area contributed by atoms with E-state index in [-0.39, 0.29) is 23.6 Å². The highest BCUT2D eigenvalue weighted by molar-refractivity contribution is 5.79. The van der Waals surface area contributed by atoms with Crippen molar-refractivity contribution in [3.05, 3.63) is 23.8 Å². The number of aliphatic hydroxyl groups excluding tert-OH is 1. The molecule has 0 saturated heterocycles. The van der Waals surface area contributed by atoms with E-state index >= 15 is 0 Å². The first-order valence-corrected chi connectivity index (χ1v) is 5.88. The molecule has 4 nitrogen and oxygen atoms in total. The Morgan fingerprint density at radius 1 is 1.24 bits per heavy atom. The van der Waals surface area contributed by atoms with E-state index in [1.165, 1.54) is 6.07 Å². The van der Waals surface area contributed by atoms with E-state index in [4.69, 9.17) is 4.74 Å². The van der Waals surface area contributed by atoms with Crippen LogP contribution in [0.15, 0.2) is 18.2 Å². The fourth-order valence-corrected chi connectivity index (χ4v) is 2.88.